The molecule has 23 heavy (non-hydrogen) atoms. The van der Waals surface area contributed by atoms with E-state index >= 15 is 0 Å². The van der Waals surface area contributed by atoms with Gasteiger partial charge in [0.05, 0.1) is 0 Å². The average molecular weight is 311 g/mol. The Morgan fingerprint density at radius 1 is 1.04 bits per heavy atom. The Balaban J connectivity index is 1.48. The van der Waals surface area contributed by atoms with Crippen LogP contribution in [0.4, 0.5) is 0 Å². The highest BCUT2D eigenvalue weighted by Crippen LogP contribution is 2.39. The molecule has 0 atom stereocenters. The van der Waals surface area contributed by atoms with Gasteiger partial charge in [-0.15, -0.1) is 0 Å². The Hall–Kier alpha value is -2.08. The molecule has 1 N–H and O–H groups in total. The van der Waals surface area contributed by atoms with Crippen molar-refractivity contribution < 1.29 is 4.79 Å². The third-order valence-electron chi connectivity index (χ3n) is 5.33. The molecule has 0 bridgehead atoms. The molecule has 1 amide bonds. The molecule has 2 aromatic rings. The molecule has 0 aromatic carbocycles. The second-order valence-electron chi connectivity index (χ2n) is 6.64. The van der Waals surface area contributed by atoms with Gasteiger partial charge < -0.3 is 10.2 Å². The van der Waals surface area contributed by atoms with Gasteiger partial charge in [0, 0.05) is 25.5 Å². The predicted molar refractivity (Wildman–Crippen MR) is 87.0 cm³/mol. The first-order chi connectivity index (χ1) is 11.3. The summed E-state index contributed by atoms with van der Waals surface area (Å²) in [7, 11) is 0. The van der Waals surface area contributed by atoms with Gasteiger partial charge in [-0.1, -0.05) is 0 Å². The highest BCUT2D eigenvalue weighted by atomic mass is 16.2. The zero-order chi connectivity index (χ0) is 15.7. The minimum Gasteiger partial charge on any atom is -0.337 e. The van der Waals surface area contributed by atoms with Gasteiger partial charge in [0.2, 0.25) is 0 Å². The minimum atomic E-state index is 0.0151. The summed E-state index contributed by atoms with van der Waals surface area (Å²) < 4.78 is 0. The molecule has 1 spiro atoms. The molecule has 0 radical (unpaired) electrons. The number of hydrogen-bond acceptors (Lipinski definition) is 5. The highest BCUT2D eigenvalue weighted by molar-refractivity contribution is 5.94. The largest absolute Gasteiger partial charge is 0.337 e. The van der Waals surface area contributed by atoms with Crippen LogP contribution in [0.5, 0.6) is 0 Å². The number of likely N-dealkylation sites (tertiary alicyclic amines) is 1. The summed E-state index contributed by atoms with van der Waals surface area (Å²) >= 11 is 0. The van der Waals surface area contributed by atoms with Crippen LogP contribution >= 0.6 is 0 Å². The summed E-state index contributed by atoms with van der Waals surface area (Å²) in [6.07, 6.45) is 7.92. The number of aromatic nitrogens is 3. The van der Waals surface area contributed by atoms with Crippen molar-refractivity contribution in [3.8, 4) is 0 Å². The van der Waals surface area contributed by atoms with Crippen molar-refractivity contribution >= 4 is 17.1 Å². The van der Waals surface area contributed by atoms with Gasteiger partial charge in [-0.2, -0.15) is 0 Å². The first-order valence-electron chi connectivity index (χ1n) is 8.34. The minimum absolute atomic E-state index is 0.0151. The van der Waals surface area contributed by atoms with E-state index in [1.807, 2.05) is 11.0 Å². The lowest BCUT2D eigenvalue weighted by molar-refractivity contribution is 0.0491. The molecule has 0 aliphatic carbocycles. The van der Waals surface area contributed by atoms with E-state index in [2.05, 4.69) is 20.3 Å². The molecule has 0 saturated carbocycles. The number of carbonyl (C=O) groups excluding carboxylic acids is 1. The third-order valence-corrected chi connectivity index (χ3v) is 5.33. The molecular formula is C17H21N5O. The van der Waals surface area contributed by atoms with Crippen molar-refractivity contribution in [2.24, 2.45) is 5.41 Å². The Kier molecular flexibility index (Phi) is 3.69. The third kappa shape index (κ3) is 2.79. The topological polar surface area (TPSA) is 71.0 Å². The van der Waals surface area contributed by atoms with Crippen LogP contribution in [0.15, 0.2) is 24.5 Å². The lowest BCUT2D eigenvalue weighted by atomic mass is 9.71. The van der Waals surface area contributed by atoms with Crippen molar-refractivity contribution in [2.45, 2.75) is 25.7 Å². The Morgan fingerprint density at radius 2 is 1.78 bits per heavy atom. The van der Waals surface area contributed by atoms with Gasteiger partial charge in [-0.25, -0.2) is 9.97 Å². The molecular weight excluding hydrogens is 290 g/mol. The lowest BCUT2D eigenvalue weighted by Crippen LogP contribution is -2.47. The summed E-state index contributed by atoms with van der Waals surface area (Å²) in [5.74, 6) is 0.0151. The number of hydrogen-bond donors (Lipinski definition) is 1. The maximum absolute atomic E-state index is 12.7. The number of amides is 1. The van der Waals surface area contributed by atoms with E-state index < -0.39 is 0 Å². The molecule has 2 aromatic heterocycles. The quantitative estimate of drug-likeness (QED) is 0.867. The van der Waals surface area contributed by atoms with Crippen LogP contribution in [0.3, 0.4) is 0 Å². The van der Waals surface area contributed by atoms with Crippen molar-refractivity contribution in [2.75, 3.05) is 26.2 Å². The fourth-order valence-corrected chi connectivity index (χ4v) is 3.78. The molecule has 0 unspecified atom stereocenters. The number of rotatable bonds is 1. The van der Waals surface area contributed by atoms with Crippen molar-refractivity contribution in [1.82, 2.24) is 25.2 Å². The van der Waals surface area contributed by atoms with Crippen LogP contribution in [0, 0.1) is 5.41 Å². The second-order valence-corrected chi connectivity index (χ2v) is 6.64. The van der Waals surface area contributed by atoms with Crippen LogP contribution in [0.2, 0.25) is 0 Å². The van der Waals surface area contributed by atoms with Crippen LogP contribution in [0.1, 0.15) is 36.2 Å². The molecule has 2 aliphatic heterocycles. The van der Waals surface area contributed by atoms with Gasteiger partial charge in [0.15, 0.2) is 5.65 Å². The van der Waals surface area contributed by atoms with Crippen molar-refractivity contribution in [3.05, 3.63) is 30.2 Å². The van der Waals surface area contributed by atoms with Gasteiger partial charge in [0.25, 0.3) is 5.91 Å². The second kappa shape index (κ2) is 5.85. The van der Waals surface area contributed by atoms with Crippen molar-refractivity contribution in [3.63, 3.8) is 0 Å². The van der Waals surface area contributed by atoms with Crippen LogP contribution in [-0.4, -0.2) is 51.9 Å². The number of fused-ring (bicyclic) bond motifs is 1. The smallest absolute Gasteiger partial charge is 0.272 e. The summed E-state index contributed by atoms with van der Waals surface area (Å²) in [4.78, 5) is 27.4. The normalized spacial score (nSPS) is 20.8. The Bertz CT molecular complexity index is 716. The fourth-order valence-electron chi connectivity index (χ4n) is 3.78. The maximum Gasteiger partial charge on any atom is 0.272 e. The first-order valence-corrected chi connectivity index (χ1v) is 8.34. The number of carbonyl (C=O) groups is 1. The molecule has 2 aliphatic rings. The maximum atomic E-state index is 12.7. The zero-order valence-electron chi connectivity index (χ0n) is 13.2. The van der Waals surface area contributed by atoms with E-state index in [0.717, 1.165) is 44.5 Å². The van der Waals surface area contributed by atoms with E-state index in [-0.39, 0.29) is 5.91 Å². The Morgan fingerprint density at radius 3 is 2.57 bits per heavy atom. The fraction of sp³-hybridized carbons (Fsp3) is 0.529. The van der Waals surface area contributed by atoms with Gasteiger partial charge in [-0.05, 0) is 56.3 Å². The van der Waals surface area contributed by atoms with Crippen LogP contribution < -0.4 is 5.32 Å². The molecule has 4 heterocycles. The van der Waals surface area contributed by atoms with E-state index in [9.17, 15) is 4.79 Å². The summed E-state index contributed by atoms with van der Waals surface area (Å²) in [5.41, 5.74) is 2.17. The molecule has 6 heteroatoms. The van der Waals surface area contributed by atoms with E-state index in [1.54, 1.807) is 18.5 Å². The molecule has 6 nitrogen and oxygen atoms in total. The van der Waals surface area contributed by atoms with Gasteiger partial charge in [0.1, 0.15) is 11.2 Å². The summed E-state index contributed by atoms with van der Waals surface area (Å²) in [6, 6.07) is 3.58. The highest BCUT2D eigenvalue weighted by Gasteiger charge is 2.37. The summed E-state index contributed by atoms with van der Waals surface area (Å²) in [5, 5.41) is 3.43. The SMILES string of the molecule is O=C(c1ccc2nccnc2n1)N1CCC2(CCNCC2)CC1. The lowest BCUT2D eigenvalue weighted by Gasteiger charge is -2.44. The van der Waals surface area contributed by atoms with E-state index in [0.29, 0.717) is 16.8 Å². The predicted octanol–water partition coefficient (Wildman–Crippen LogP) is 1.63. The number of nitrogens with zero attached hydrogens (tertiary/aromatic N) is 4. The monoisotopic (exact) mass is 311 g/mol. The molecule has 2 saturated heterocycles. The van der Waals surface area contributed by atoms with Gasteiger partial charge in [-0.3, -0.25) is 9.78 Å². The van der Waals surface area contributed by atoms with E-state index in [1.165, 1.54) is 12.8 Å². The van der Waals surface area contributed by atoms with Crippen molar-refractivity contribution in [1.29, 1.82) is 0 Å². The van der Waals surface area contributed by atoms with Crippen LogP contribution in [-0.2, 0) is 0 Å². The summed E-state index contributed by atoms with van der Waals surface area (Å²) in [6.45, 7) is 3.88. The standard InChI is InChI=1S/C17H21N5O/c23-16(14-2-1-13-15(21-14)20-10-9-19-13)22-11-5-17(6-12-22)3-7-18-8-4-17/h1-2,9-10,18H,3-8,11-12H2. The zero-order valence-corrected chi connectivity index (χ0v) is 13.2. The van der Waals surface area contributed by atoms with Gasteiger partial charge >= 0.3 is 0 Å². The molecule has 4 rings (SSSR count). The average Bonchev–Trinajstić information content (AvgIpc) is 2.62. The van der Waals surface area contributed by atoms with Crippen LogP contribution in [0.25, 0.3) is 11.2 Å². The number of piperidine rings is 2. The number of nitrogens with one attached hydrogen (secondary N) is 1. The molecule has 2 fully saturated rings. The Labute approximate surface area is 135 Å². The van der Waals surface area contributed by atoms with E-state index in [4.69, 9.17) is 0 Å². The number of pyridine rings is 1. The first kappa shape index (κ1) is 14.5. The molecule has 120 valence electrons.